The molecule has 1 aliphatic carbocycles. The molecule has 0 radical (unpaired) electrons. The highest BCUT2D eigenvalue weighted by atomic mass is 32.2. The van der Waals surface area contributed by atoms with E-state index in [1.807, 2.05) is 0 Å². The van der Waals surface area contributed by atoms with Gasteiger partial charge in [-0.2, -0.15) is 0 Å². The topological polar surface area (TPSA) is 91.6 Å². The molecule has 1 fully saturated rings. The summed E-state index contributed by atoms with van der Waals surface area (Å²) in [5.41, 5.74) is 0. The molecule has 0 aliphatic heterocycles. The Hall–Kier alpha value is -0.890. The first kappa shape index (κ1) is 15.5. The number of hydrogen-bond donors (Lipinski definition) is 3. The Balaban J connectivity index is 1.92. The molecule has 6 nitrogen and oxygen atoms in total. The molecule has 2 atom stereocenters. The maximum atomic E-state index is 12.1. The van der Waals surface area contributed by atoms with Crippen LogP contribution in [-0.4, -0.2) is 33.2 Å². The lowest BCUT2D eigenvalue weighted by atomic mass is 9.87. The predicted molar refractivity (Wildman–Crippen MR) is 74.6 cm³/mol. The van der Waals surface area contributed by atoms with E-state index in [9.17, 15) is 13.5 Å². The van der Waals surface area contributed by atoms with Gasteiger partial charge in [0, 0.05) is 6.54 Å². The molecule has 0 spiro atoms. The summed E-state index contributed by atoms with van der Waals surface area (Å²) in [7, 11) is -1.83. The summed E-state index contributed by atoms with van der Waals surface area (Å²) in [6, 6.07) is 3.11. The van der Waals surface area contributed by atoms with E-state index in [4.69, 9.17) is 4.42 Å². The van der Waals surface area contributed by atoms with Crippen LogP contribution in [0.25, 0.3) is 0 Å². The van der Waals surface area contributed by atoms with Gasteiger partial charge in [-0.3, -0.25) is 0 Å². The van der Waals surface area contributed by atoms with Crippen molar-refractivity contribution in [2.45, 2.75) is 43.4 Å². The molecule has 1 aliphatic rings. The highest BCUT2D eigenvalue weighted by Crippen LogP contribution is 2.24. The third-order valence-corrected chi connectivity index (χ3v) is 4.87. The first-order chi connectivity index (χ1) is 9.51. The smallest absolute Gasteiger partial charge is 0.273 e. The Labute approximate surface area is 119 Å². The Morgan fingerprint density at radius 3 is 2.90 bits per heavy atom. The lowest BCUT2D eigenvalue weighted by Crippen LogP contribution is -2.32. The van der Waals surface area contributed by atoms with Crippen LogP contribution in [0.1, 0.15) is 31.4 Å². The molecule has 1 aromatic rings. The van der Waals surface area contributed by atoms with Gasteiger partial charge in [0.15, 0.2) is 0 Å². The monoisotopic (exact) mass is 302 g/mol. The molecule has 2 unspecified atom stereocenters. The van der Waals surface area contributed by atoms with Crippen molar-refractivity contribution in [3.63, 3.8) is 0 Å². The van der Waals surface area contributed by atoms with Crippen LogP contribution in [-0.2, 0) is 16.6 Å². The first-order valence-electron chi connectivity index (χ1n) is 6.92. The molecule has 1 heterocycles. The van der Waals surface area contributed by atoms with E-state index >= 15 is 0 Å². The fraction of sp³-hybridized carbons (Fsp3) is 0.692. The van der Waals surface area contributed by atoms with E-state index < -0.39 is 10.0 Å². The second-order valence-corrected chi connectivity index (χ2v) is 6.99. The number of nitrogens with one attached hydrogen (secondary N) is 2. The van der Waals surface area contributed by atoms with Gasteiger partial charge in [-0.15, -0.1) is 0 Å². The lowest BCUT2D eigenvalue weighted by Gasteiger charge is -2.25. The summed E-state index contributed by atoms with van der Waals surface area (Å²) in [5.74, 6) is 0.779. The predicted octanol–water partition coefficient (Wildman–Crippen LogP) is 0.828. The molecule has 1 saturated carbocycles. The van der Waals surface area contributed by atoms with E-state index in [0.717, 1.165) is 19.3 Å². The van der Waals surface area contributed by atoms with Crippen molar-refractivity contribution < 1.29 is 17.9 Å². The van der Waals surface area contributed by atoms with E-state index in [0.29, 0.717) is 25.3 Å². The van der Waals surface area contributed by atoms with E-state index in [-0.39, 0.29) is 17.1 Å². The van der Waals surface area contributed by atoms with Crippen LogP contribution in [0.5, 0.6) is 0 Å². The summed E-state index contributed by atoms with van der Waals surface area (Å²) < 4.78 is 32.0. The highest BCUT2D eigenvalue weighted by molar-refractivity contribution is 7.89. The molecule has 20 heavy (non-hydrogen) atoms. The van der Waals surface area contributed by atoms with E-state index in [1.54, 1.807) is 13.1 Å². The van der Waals surface area contributed by atoms with Crippen molar-refractivity contribution in [1.29, 1.82) is 0 Å². The second kappa shape index (κ2) is 6.71. The summed E-state index contributed by atoms with van der Waals surface area (Å²) in [4.78, 5) is 0. The molecule has 0 amide bonds. The first-order valence-corrected chi connectivity index (χ1v) is 8.40. The molecule has 3 N–H and O–H groups in total. The Bertz CT molecular complexity index is 526. The van der Waals surface area contributed by atoms with Crippen LogP contribution >= 0.6 is 0 Å². The number of rotatable bonds is 6. The molecular formula is C13H22N2O4S. The van der Waals surface area contributed by atoms with Crippen molar-refractivity contribution in [2.75, 3.05) is 13.6 Å². The number of aliphatic hydroxyl groups is 1. The zero-order valence-electron chi connectivity index (χ0n) is 11.6. The zero-order valence-corrected chi connectivity index (χ0v) is 12.4. The third kappa shape index (κ3) is 4.05. The maximum absolute atomic E-state index is 12.1. The standard InChI is InChI=1S/C13H22N2O4S/c1-14-9-12-5-6-13(19-12)20(17,18)15-8-10-3-2-4-11(16)7-10/h5-6,10-11,14-16H,2-4,7-9H2,1H3. The van der Waals surface area contributed by atoms with Crippen molar-refractivity contribution >= 4 is 10.0 Å². The summed E-state index contributed by atoms with van der Waals surface area (Å²) in [5, 5.41) is 12.4. The largest absolute Gasteiger partial charge is 0.447 e. The SMILES string of the molecule is CNCc1ccc(S(=O)(=O)NCC2CCCC(O)C2)o1. The highest BCUT2D eigenvalue weighted by Gasteiger charge is 2.24. The fourth-order valence-electron chi connectivity index (χ4n) is 2.52. The Kier molecular flexibility index (Phi) is 5.20. The lowest BCUT2D eigenvalue weighted by molar-refractivity contribution is 0.102. The third-order valence-electron chi connectivity index (χ3n) is 3.57. The van der Waals surface area contributed by atoms with Gasteiger partial charge >= 0.3 is 0 Å². The minimum atomic E-state index is -3.60. The molecule has 0 aromatic carbocycles. The van der Waals surface area contributed by atoms with Crippen molar-refractivity contribution in [1.82, 2.24) is 10.0 Å². The van der Waals surface area contributed by atoms with Gasteiger partial charge in [0.05, 0.1) is 12.6 Å². The van der Waals surface area contributed by atoms with Gasteiger partial charge in [-0.05, 0) is 44.4 Å². The summed E-state index contributed by atoms with van der Waals surface area (Å²) in [6.07, 6.45) is 3.06. The molecule has 7 heteroatoms. The maximum Gasteiger partial charge on any atom is 0.273 e. The number of aliphatic hydroxyl groups excluding tert-OH is 1. The molecule has 0 bridgehead atoms. The molecule has 1 aromatic heterocycles. The van der Waals surface area contributed by atoms with Crippen LogP contribution in [0.15, 0.2) is 21.6 Å². The second-order valence-electron chi connectivity index (χ2n) is 5.29. The van der Waals surface area contributed by atoms with E-state index in [1.165, 1.54) is 6.07 Å². The van der Waals surface area contributed by atoms with Gasteiger partial charge in [-0.25, -0.2) is 13.1 Å². The summed E-state index contributed by atoms with van der Waals surface area (Å²) >= 11 is 0. The van der Waals surface area contributed by atoms with Crippen molar-refractivity contribution in [3.05, 3.63) is 17.9 Å². The van der Waals surface area contributed by atoms with Gasteiger partial charge in [0.25, 0.3) is 10.0 Å². The Morgan fingerprint density at radius 2 is 2.20 bits per heavy atom. The van der Waals surface area contributed by atoms with Crippen molar-refractivity contribution in [3.8, 4) is 0 Å². The van der Waals surface area contributed by atoms with Crippen molar-refractivity contribution in [2.24, 2.45) is 5.92 Å². The molecule has 0 saturated heterocycles. The van der Waals surface area contributed by atoms with Gasteiger partial charge in [-0.1, -0.05) is 6.42 Å². The normalized spacial score (nSPS) is 23.9. The average Bonchev–Trinajstić information content (AvgIpc) is 2.87. The average molecular weight is 302 g/mol. The number of hydrogen-bond acceptors (Lipinski definition) is 5. The van der Waals surface area contributed by atoms with Crippen LogP contribution in [0, 0.1) is 5.92 Å². The number of furan rings is 1. The van der Waals surface area contributed by atoms with Gasteiger partial charge < -0.3 is 14.8 Å². The van der Waals surface area contributed by atoms with Gasteiger partial charge in [0.2, 0.25) is 5.09 Å². The van der Waals surface area contributed by atoms with Crippen LogP contribution in [0.4, 0.5) is 0 Å². The van der Waals surface area contributed by atoms with Crippen LogP contribution in [0.2, 0.25) is 0 Å². The zero-order chi connectivity index (χ0) is 14.6. The number of sulfonamides is 1. The van der Waals surface area contributed by atoms with Crippen LogP contribution < -0.4 is 10.0 Å². The fourth-order valence-corrected chi connectivity index (χ4v) is 3.58. The Morgan fingerprint density at radius 1 is 1.40 bits per heavy atom. The van der Waals surface area contributed by atoms with Crippen LogP contribution in [0.3, 0.4) is 0 Å². The minimum Gasteiger partial charge on any atom is -0.447 e. The quantitative estimate of drug-likeness (QED) is 0.724. The van der Waals surface area contributed by atoms with E-state index in [2.05, 4.69) is 10.0 Å². The molecule has 2 rings (SSSR count). The summed E-state index contributed by atoms with van der Waals surface area (Å²) in [6.45, 7) is 0.839. The molecule has 114 valence electrons. The minimum absolute atomic E-state index is 0.0564. The molecular weight excluding hydrogens is 280 g/mol. The van der Waals surface area contributed by atoms with Gasteiger partial charge in [0.1, 0.15) is 5.76 Å².